The highest BCUT2D eigenvalue weighted by Crippen LogP contribution is 2.24. The van der Waals surface area contributed by atoms with Gasteiger partial charge in [-0.25, -0.2) is 0 Å². The van der Waals surface area contributed by atoms with Gasteiger partial charge in [-0.2, -0.15) is 0 Å². The van der Waals surface area contributed by atoms with E-state index >= 15 is 0 Å². The lowest BCUT2D eigenvalue weighted by molar-refractivity contribution is 0.104. The van der Waals surface area contributed by atoms with Gasteiger partial charge in [-0.05, 0) is 18.8 Å². The molecule has 0 aliphatic carbocycles. The maximum Gasteiger partial charge on any atom is 0.103 e. The summed E-state index contributed by atoms with van der Waals surface area (Å²) in [6.45, 7) is 11.8. The molecule has 1 heterocycles. The molecule has 172 valence electrons. The van der Waals surface area contributed by atoms with Crippen LogP contribution in [0.4, 0.5) is 0 Å². The van der Waals surface area contributed by atoms with Crippen LogP contribution in [-0.2, 0) is 0 Å². The minimum absolute atomic E-state index is 0.592. The summed E-state index contributed by atoms with van der Waals surface area (Å²) < 4.78 is 0. The molecule has 0 amide bonds. The Morgan fingerprint density at radius 2 is 0.828 bits per heavy atom. The van der Waals surface area contributed by atoms with Gasteiger partial charge in [0, 0.05) is 25.5 Å². The van der Waals surface area contributed by atoms with E-state index in [2.05, 4.69) is 49.9 Å². The van der Waals surface area contributed by atoms with E-state index < -0.39 is 0 Å². The van der Waals surface area contributed by atoms with Crippen molar-refractivity contribution in [2.75, 3.05) is 13.1 Å². The standard InChI is InChI=1S/C27H54N2/c1-5-7-9-10-11-12-13-14-15-16-17-18-19-21-23-29-25-24-28(22-20-8-6-2)27(29)26(3)4/h24-27H,5-23H2,1-4H3. The molecule has 1 atom stereocenters. The molecule has 0 aromatic heterocycles. The number of rotatable bonds is 20. The number of hydrogen-bond acceptors (Lipinski definition) is 2. The topological polar surface area (TPSA) is 6.48 Å². The Kier molecular flexibility index (Phi) is 16.5. The van der Waals surface area contributed by atoms with Crippen LogP contribution in [0.3, 0.4) is 0 Å². The van der Waals surface area contributed by atoms with Crippen molar-refractivity contribution < 1.29 is 0 Å². The summed E-state index contributed by atoms with van der Waals surface area (Å²) >= 11 is 0. The highest BCUT2D eigenvalue weighted by molar-refractivity contribution is 4.98. The molecule has 0 aromatic rings. The third-order valence-corrected chi connectivity index (χ3v) is 6.52. The van der Waals surface area contributed by atoms with Gasteiger partial charge in [-0.1, -0.05) is 124 Å². The van der Waals surface area contributed by atoms with Crippen LogP contribution in [0.2, 0.25) is 0 Å². The summed E-state index contributed by atoms with van der Waals surface area (Å²) in [6, 6.07) is 0. The Bertz CT molecular complexity index is 377. The first-order chi connectivity index (χ1) is 14.2. The summed E-state index contributed by atoms with van der Waals surface area (Å²) in [5.74, 6) is 0.693. The first kappa shape index (κ1) is 26.4. The molecule has 1 aliphatic heterocycles. The summed E-state index contributed by atoms with van der Waals surface area (Å²) in [4.78, 5) is 5.20. The first-order valence-corrected chi connectivity index (χ1v) is 13.4. The van der Waals surface area contributed by atoms with Crippen LogP contribution in [0.15, 0.2) is 12.4 Å². The van der Waals surface area contributed by atoms with Gasteiger partial charge in [0.05, 0.1) is 0 Å². The van der Waals surface area contributed by atoms with Gasteiger partial charge < -0.3 is 9.80 Å². The van der Waals surface area contributed by atoms with E-state index in [1.54, 1.807) is 0 Å². The Morgan fingerprint density at radius 1 is 0.517 bits per heavy atom. The van der Waals surface area contributed by atoms with Gasteiger partial charge in [0.15, 0.2) is 0 Å². The Morgan fingerprint density at radius 3 is 1.21 bits per heavy atom. The lowest BCUT2D eigenvalue weighted by Gasteiger charge is -2.36. The van der Waals surface area contributed by atoms with Crippen LogP contribution in [-0.4, -0.2) is 29.1 Å². The Balaban J connectivity index is 1.97. The van der Waals surface area contributed by atoms with Crippen molar-refractivity contribution in [3.8, 4) is 0 Å². The van der Waals surface area contributed by atoms with E-state index in [0.29, 0.717) is 12.1 Å². The minimum Gasteiger partial charge on any atom is -0.356 e. The van der Waals surface area contributed by atoms with Gasteiger partial charge in [-0.3, -0.25) is 0 Å². The van der Waals surface area contributed by atoms with Crippen molar-refractivity contribution in [3.63, 3.8) is 0 Å². The predicted molar refractivity (Wildman–Crippen MR) is 131 cm³/mol. The summed E-state index contributed by atoms with van der Waals surface area (Å²) in [7, 11) is 0. The van der Waals surface area contributed by atoms with Gasteiger partial charge in [-0.15, -0.1) is 0 Å². The number of nitrogens with zero attached hydrogens (tertiary/aromatic N) is 2. The van der Waals surface area contributed by atoms with Gasteiger partial charge in [0.25, 0.3) is 0 Å². The zero-order valence-corrected chi connectivity index (χ0v) is 20.6. The highest BCUT2D eigenvalue weighted by Gasteiger charge is 2.27. The molecular weight excluding hydrogens is 352 g/mol. The molecule has 0 saturated heterocycles. The third-order valence-electron chi connectivity index (χ3n) is 6.52. The molecule has 0 radical (unpaired) electrons. The van der Waals surface area contributed by atoms with Gasteiger partial charge >= 0.3 is 0 Å². The van der Waals surface area contributed by atoms with Crippen LogP contribution >= 0.6 is 0 Å². The van der Waals surface area contributed by atoms with Crippen molar-refractivity contribution in [2.24, 2.45) is 5.92 Å². The largest absolute Gasteiger partial charge is 0.356 e. The van der Waals surface area contributed by atoms with E-state index in [4.69, 9.17) is 0 Å². The molecule has 0 N–H and O–H groups in total. The minimum atomic E-state index is 0.592. The second-order valence-electron chi connectivity index (χ2n) is 9.73. The molecule has 0 saturated carbocycles. The fourth-order valence-corrected chi connectivity index (χ4v) is 4.75. The van der Waals surface area contributed by atoms with Crippen LogP contribution in [0.25, 0.3) is 0 Å². The first-order valence-electron chi connectivity index (χ1n) is 13.4. The Hall–Kier alpha value is -0.660. The number of unbranched alkanes of at least 4 members (excludes halogenated alkanes) is 15. The second-order valence-corrected chi connectivity index (χ2v) is 9.73. The molecule has 1 aliphatic rings. The quantitative estimate of drug-likeness (QED) is 0.186. The van der Waals surface area contributed by atoms with Crippen molar-refractivity contribution >= 4 is 0 Å². The lowest BCUT2D eigenvalue weighted by atomic mass is 10.0. The second kappa shape index (κ2) is 18.1. The summed E-state index contributed by atoms with van der Waals surface area (Å²) in [5.41, 5.74) is 0. The molecule has 2 heteroatoms. The van der Waals surface area contributed by atoms with Crippen molar-refractivity contribution in [1.29, 1.82) is 0 Å². The third kappa shape index (κ3) is 12.6. The van der Waals surface area contributed by atoms with E-state index in [9.17, 15) is 0 Å². The smallest absolute Gasteiger partial charge is 0.103 e. The molecule has 1 unspecified atom stereocenters. The number of hydrogen-bond donors (Lipinski definition) is 0. The van der Waals surface area contributed by atoms with E-state index in [1.165, 1.54) is 122 Å². The predicted octanol–water partition coefficient (Wildman–Crippen LogP) is 8.73. The van der Waals surface area contributed by atoms with Gasteiger partial charge in [0.2, 0.25) is 0 Å². The average molecular weight is 407 g/mol. The molecule has 29 heavy (non-hydrogen) atoms. The molecule has 0 bridgehead atoms. The SMILES string of the molecule is CCCCCCCCCCCCCCCCN1C=CN(CCCCC)C1C(C)C. The van der Waals surface area contributed by atoms with Crippen LogP contribution in [0.1, 0.15) is 137 Å². The zero-order chi connectivity index (χ0) is 21.2. The average Bonchev–Trinajstić information content (AvgIpc) is 3.11. The lowest BCUT2D eigenvalue weighted by Crippen LogP contribution is -2.43. The van der Waals surface area contributed by atoms with E-state index in [-0.39, 0.29) is 0 Å². The van der Waals surface area contributed by atoms with Crippen LogP contribution in [0.5, 0.6) is 0 Å². The maximum absolute atomic E-state index is 2.61. The molecule has 1 rings (SSSR count). The summed E-state index contributed by atoms with van der Waals surface area (Å²) in [6.07, 6.45) is 29.5. The van der Waals surface area contributed by atoms with Crippen molar-refractivity contribution in [3.05, 3.63) is 12.4 Å². The molecule has 0 fully saturated rings. The van der Waals surface area contributed by atoms with E-state index in [0.717, 1.165) is 0 Å². The van der Waals surface area contributed by atoms with Crippen molar-refractivity contribution in [2.45, 2.75) is 143 Å². The highest BCUT2D eigenvalue weighted by atomic mass is 15.4. The molecule has 0 aromatic carbocycles. The van der Waals surface area contributed by atoms with Crippen LogP contribution in [0, 0.1) is 5.92 Å². The molecular formula is C27H54N2. The fraction of sp³-hybridized carbons (Fsp3) is 0.926. The Labute approximate surface area is 184 Å². The zero-order valence-electron chi connectivity index (χ0n) is 20.6. The van der Waals surface area contributed by atoms with Crippen LogP contribution < -0.4 is 0 Å². The maximum atomic E-state index is 2.61. The van der Waals surface area contributed by atoms with E-state index in [1.807, 2.05) is 0 Å². The van der Waals surface area contributed by atoms with Gasteiger partial charge in [0.1, 0.15) is 6.17 Å². The molecule has 2 nitrogen and oxygen atoms in total. The summed E-state index contributed by atoms with van der Waals surface area (Å²) in [5, 5.41) is 0. The fourth-order valence-electron chi connectivity index (χ4n) is 4.75. The molecule has 0 spiro atoms. The van der Waals surface area contributed by atoms with Crippen molar-refractivity contribution in [1.82, 2.24) is 9.80 Å². The monoisotopic (exact) mass is 406 g/mol. The normalized spacial score (nSPS) is 16.5.